The zero-order chi connectivity index (χ0) is 42.0. The average Bonchev–Trinajstić information content (AvgIpc) is 3.44. The lowest BCUT2D eigenvalue weighted by atomic mass is 9.88. The number of aliphatic hydroxyl groups is 2. The van der Waals surface area contributed by atoms with Crippen molar-refractivity contribution in [2.45, 2.75) is 218 Å². The highest BCUT2D eigenvalue weighted by Crippen LogP contribution is 2.36. The van der Waals surface area contributed by atoms with E-state index >= 15 is 0 Å². The van der Waals surface area contributed by atoms with Crippen LogP contribution >= 0.6 is 7.82 Å². The number of allylic oxidation sites excluding steroid dienone is 3. The van der Waals surface area contributed by atoms with Crippen LogP contribution in [0, 0.1) is 11.8 Å². The van der Waals surface area contributed by atoms with Gasteiger partial charge in [0.1, 0.15) is 12.4 Å². The fraction of sp³-hybridized carbons (Fsp3) is 0.844. The normalized spacial score (nSPS) is 18.5. The van der Waals surface area contributed by atoms with Gasteiger partial charge < -0.3 is 29.5 Å². The molecule has 0 radical (unpaired) electrons. The van der Waals surface area contributed by atoms with E-state index in [0.29, 0.717) is 25.7 Å². The molecule has 1 fully saturated rings. The number of carbonyl (C=O) groups excluding carboxylic acids is 3. The van der Waals surface area contributed by atoms with Gasteiger partial charge in [-0.3, -0.25) is 18.9 Å². The summed E-state index contributed by atoms with van der Waals surface area (Å²) in [7, 11) is -4.81. The molecule has 5 atom stereocenters. The van der Waals surface area contributed by atoms with E-state index in [4.69, 9.17) is 19.3 Å². The Hall–Kier alpha value is -1.88. The van der Waals surface area contributed by atoms with Gasteiger partial charge in [-0.15, -0.1) is 0 Å². The third-order valence-corrected chi connectivity index (χ3v) is 11.3. The molecule has 0 saturated heterocycles. The molecule has 11 nitrogen and oxygen atoms in total. The highest BCUT2D eigenvalue weighted by molar-refractivity contribution is 7.46. The van der Waals surface area contributed by atoms with Gasteiger partial charge in [0.15, 0.2) is 6.10 Å². The Balaban J connectivity index is 2.20. The number of Topliss-reactive ketones (excluding diaryl/α,β-unsaturated/α-hetero) is 1. The number of ether oxygens (including phenoxy) is 2. The molecule has 0 spiro atoms. The van der Waals surface area contributed by atoms with Crippen molar-refractivity contribution in [2.75, 3.05) is 13.2 Å². The van der Waals surface area contributed by atoms with Crippen molar-refractivity contribution in [3.05, 3.63) is 24.3 Å². The van der Waals surface area contributed by atoms with Gasteiger partial charge in [-0.1, -0.05) is 154 Å². The second-order valence-corrected chi connectivity index (χ2v) is 17.4. The van der Waals surface area contributed by atoms with E-state index in [1.54, 1.807) is 12.2 Å². The Kier molecular flexibility index (Phi) is 32.6. The maximum atomic E-state index is 12.5. The molecular formula is C45H81O11P. The van der Waals surface area contributed by atoms with Crippen LogP contribution in [-0.2, 0) is 32.9 Å². The SMILES string of the molecule is CCCCCCCC/C=C\CCCCCCCCCCCC(=O)O[C@H](COC(=O)CCCCCC[C@H]1[C@@H](O)CC(=O)[C@@H]1/C=C/[C@@H](O)CCCCC)COP(=O)(O)O. The number of aliphatic hydroxyl groups excluding tert-OH is 2. The van der Waals surface area contributed by atoms with Gasteiger partial charge in [0, 0.05) is 25.2 Å². The van der Waals surface area contributed by atoms with E-state index in [9.17, 15) is 29.2 Å². The topological polar surface area (TPSA) is 177 Å². The summed E-state index contributed by atoms with van der Waals surface area (Å²) in [5, 5.41) is 20.7. The number of hydrogen-bond donors (Lipinski definition) is 4. The Labute approximate surface area is 345 Å². The summed E-state index contributed by atoms with van der Waals surface area (Å²) in [5.74, 6) is -1.61. The number of ketones is 1. The molecule has 0 heterocycles. The van der Waals surface area contributed by atoms with Crippen LogP contribution in [-0.4, -0.2) is 69.2 Å². The van der Waals surface area contributed by atoms with Crippen LogP contribution in [0.25, 0.3) is 0 Å². The molecule has 1 aliphatic carbocycles. The van der Waals surface area contributed by atoms with Crippen molar-refractivity contribution in [3.8, 4) is 0 Å². The molecule has 0 amide bonds. The summed E-state index contributed by atoms with van der Waals surface area (Å²) in [6, 6.07) is 0. The van der Waals surface area contributed by atoms with Gasteiger partial charge in [-0.2, -0.15) is 0 Å². The predicted octanol–water partition coefficient (Wildman–Crippen LogP) is 10.6. The first kappa shape index (κ1) is 53.1. The molecule has 0 bridgehead atoms. The molecule has 0 aliphatic heterocycles. The minimum Gasteiger partial charge on any atom is -0.462 e. The molecular weight excluding hydrogens is 747 g/mol. The van der Waals surface area contributed by atoms with Crippen molar-refractivity contribution in [1.82, 2.24) is 0 Å². The lowest BCUT2D eigenvalue weighted by molar-refractivity contribution is -0.161. The van der Waals surface area contributed by atoms with Gasteiger partial charge in [0.05, 0.1) is 18.8 Å². The number of carbonyl (C=O) groups is 3. The highest BCUT2D eigenvalue weighted by Gasteiger charge is 2.39. The predicted molar refractivity (Wildman–Crippen MR) is 226 cm³/mol. The lowest BCUT2D eigenvalue weighted by Gasteiger charge is -2.19. The molecule has 1 saturated carbocycles. The van der Waals surface area contributed by atoms with Crippen LogP contribution in [0.3, 0.4) is 0 Å². The van der Waals surface area contributed by atoms with Gasteiger partial charge in [0.25, 0.3) is 0 Å². The van der Waals surface area contributed by atoms with E-state index < -0.39 is 44.7 Å². The van der Waals surface area contributed by atoms with E-state index in [2.05, 4.69) is 30.5 Å². The van der Waals surface area contributed by atoms with Crippen LogP contribution in [0.2, 0.25) is 0 Å². The number of esters is 2. The van der Waals surface area contributed by atoms with Crippen LogP contribution in [0.5, 0.6) is 0 Å². The fourth-order valence-electron chi connectivity index (χ4n) is 7.39. The molecule has 332 valence electrons. The van der Waals surface area contributed by atoms with Gasteiger partial charge >= 0.3 is 19.8 Å². The summed E-state index contributed by atoms with van der Waals surface area (Å²) in [6.07, 6.45) is 33.7. The molecule has 4 N–H and O–H groups in total. The minimum atomic E-state index is -4.81. The first-order valence-corrected chi connectivity index (χ1v) is 24.3. The Morgan fingerprint density at radius 3 is 1.81 bits per heavy atom. The molecule has 1 rings (SSSR count). The molecule has 57 heavy (non-hydrogen) atoms. The number of hydrogen-bond acceptors (Lipinski definition) is 9. The quantitative estimate of drug-likeness (QED) is 0.0202. The minimum absolute atomic E-state index is 0.00161. The molecule has 1 aliphatic rings. The number of phosphoric acid groups is 1. The van der Waals surface area contributed by atoms with Crippen molar-refractivity contribution in [2.24, 2.45) is 11.8 Å². The van der Waals surface area contributed by atoms with E-state index in [1.165, 1.54) is 83.5 Å². The van der Waals surface area contributed by atoms with Crippen molar-refractivity contribution >= 4 is 25.5 Å². The summed E-state index contributed by atoms with van der Waals surface area (Å²) >= 11 is 0. The largest absolute Gasteiger partial charge is 0.469 e. The summed E-state index contributed by atoms with van der Waals surface area (Å²) in [6.45, 7) is 3.40. The summed E-state index contributed by atoms with van der Waals surface area (Å²) < 4.78 is 26.4. The Morgan fingerprint density at radius 1 is 0.719 bits per heavy atom. The molecule has 0 unspecified atom stereocenters. The molecule has 0 aromatic rings. The first-order chi connectivity index (χ1) is 27.5. The molecule has 12 heteroatoms. The van der Waals surface area contributed by atoms with Crippen LogP contribution in [0.4, 0.5) is 0 Å². The smallest absolute Gasteiger partial charge is 0.462 e. The summed E-state index contributed by atoms with van der Waals surface area (Å²) in [5.41, 5.74) is 0. The van der Waals surface area contributed by atoms with Gasteiger partial charge in [-0.05, 0) is 57.3 Å². The van der Waals surface area contributed by atoms with Crippen molar-refractivity contribution in [3.63, 3.8) is 0 Å². The zero-order valence-electron chi connectivity index (χ0n) is 35.7. The maximum absolute atomic E-state index is 12.5. The van der Waals surface area contributed by atoms with E-state index in [-0.39, 0.29) is 43.5 Å². The van der Waals surface area contributed by atoms with E-state index in [0.717, 1.165) is 57.8 Å². The molecule has 0 aromatic heterocycles. The van der Waals surface area contributed by atoms with E-state index in [1.807, 2.05) is 0 Å². The maximum Gasteiger partial charge on any atom is 0.469 e. The average molecular weight is 829 g/mol. The standard InChI is InChI=1S/C45H81O11P/c1-3-5-7-8-9-10-11-12-13-14-15-16-17-18-19-20-21-22-28-32-45(50)56-39(37-55-57(51,52)53)36-54-44(49)31-27-24-23-26-30-40-41(43(48)35-42(40)47)34-33-38(46)29-25-6-4-2/h12-13,33-34,38-42,46-47H,3-11,14-32,35-37H2,1-2H3,(H2,51,52,53)/b13-12-,34-33+/t38-,39+,40+,41+,42-/m0/s1. The Bertz CT molecular complexity index is 1140. The third-order valence-electron chi connectivity index (χ3n) is 10.8. The second kappa shape index (κ2) is 34.9. The van der Waals surface area contributed by atoms with Crippen molar-refractivity contribution in [1.29, 1.82) is 0 Å². The lowest BCUT2D eigenvalue weighted by Crippen LogP contribution is -2.29. The Morgan fingerprint density at radius 2 is 1.23 bits per heavy atom. The van der Waals surface area contributed by atoms with Crippen LogP contribution in [0.1, 0.15) is 200 Å². The number of unbranched alkanes of at least 4 members (excludes halogenated alkanes) is 20. The fourth-order valence-corrected chi connectivity index (χ4v) is 7.75. The van der Waals surface area contributed by atoms with Gasteiger partial charge in [0.2, 0.25) is 0 Å². The molecule has 0 aromatic carbocycles. The zero-order valence-corrected chi connectivity index (χ0v) is 36.6. The van der Waals surface area contributed by atoms with Gasteiger partial charge in [-0.25, -0.2) is 4.57 Å². The number of rotatable bonds is 38. The first-order valence-electron chi connectivity index (χ1n) is 22.7. The van der Waals surface area contributed by atoms with Crippen LogP contribution < -0.4 is 0 Å². The second-order valence-electron chi connectivity index (χ2n) is 16.2. The van der Waals surface area contributed by atoms with Crippen LogP contribution in [0.15, 0.2) is 24.3 Å². The highest BCUT2D eigenvalue weighted by atomic mass is 31.2. The number of phosphoric ester groups is 1. The third kappa shape index (κ3) is 30.8. The summed E-state index contributed by atoms with van der Waals surface area (Å²) in [4.78, 5) is 55.6. The monoisotopic (exact) mass is 829 g/mol. The van der Waals surface area contributed by atoms with Crippen molar-refractivity contribution < 1.29 is 52.9 Å².